The lowest BCUT2D eigenvalue weighted by Gasteiger charge is -2.42. The molecule has 0 bridgehead atoms. The third-order valence-electron chi connectivity index (χ3n) is 12.6. The maximum atomic E-state index is 2.46. The fraction of sp³-hybridized carbons (Fsp3) is 0.169. The molecule has 0 fully saturated rings. The Labute approximate surface area is 401 Å². The van der Waals surface area contributed by atoms with E-state index in [2.05, 4.69) is 270 Å². The first-order valence-corrected chi connectivity index (χ1v) is 24.0. The van der Waals surface area contributed by atoms with Crippen molar-refractivity contribution in [3.05, 3.63) is 252 Å². The molecule has 0 saturated carbocycles. The van der Waals surface area contributed by atoms with Crippen molar-refractivity contribution in [1.82, 2.24) is 0 Å². The van der Waals surface area contributed by atoms with Gasteiger partial charge in [-0.15, -0.1) is 0 Å². The number of benzene rings is 9. The van der Waals surface area contributed by atoms with Crippen LogP contribution in [0.3, 0.4) is 0 Å². The summed E-state index contributed by atoms with van der Waals surface area (Å²) in [6, 6.07) is 78.9. The summed E-state index contributed by atoms with van der Waals surface area (Å²) in [5, 5.41) is 0. The molecule has 0 spiro atoms. The molecule has 10 rings (SSSR count). The van der Waals surface area contributed by atoms with Crippen LogP contribution in [0, 0.1) is 27.7 Å². The molecule has 9 aromatic rings. The van der Waals surface area contributed by atoms with Gasteiger partial charge in [-0.1, -0.05) is 205 Å². The predicted molar refractivity (Wildman–Crippen MR) is 292 cm³/mol. The van der Waals surface area contributed by atoms with Crippen molar-refractivity contribution in [3.63, 3.8) is 0 Å². The van der Waals surface area contributed by atoms with E-state index in [9.17, 15) is 0 Å². The second-order valence-corrected chi connectivity index (χ2v) is 17.3. The van der Waals surface area contributed by atoms with Crippen LogP contribution in [0.5, 0.6) is 0 Å². The first-order chi connectivity index (χ1) is 32.7. The third kappa shape index (κ3) is 10.2. The standard InChI is InChI=1S/C47H40N2.C14H14.2C2H6/c1-33-22-24-35(25-23-33)37-30-38(32-41(31-37)49-45-20-12-9-17-42(45)47(3,4)43-18-10-13-21-46(43)49)36-26-28-40(29-27-36)48(39-15-6-5-7-16-39)44-19-11-8-14-34(44)2;1-11-7-3-5-9-13(11)14-10-6-4-8-12(14)2;2*1-2/h5-32H,1-4H3;3-10H,1-2H3;2*1-2H3. The molecule has 0 unspecified atom stereocenters. The third-order valence-corrected chi connectivity index (χ3v) is 12.6. The van der Waals surface area contributed by atoms with Gasteiger partial charge in [0.15, 0.2) is 0 Å². The van der Waals surface area contributed by atoms with E-state index in [0.29, 0.717) is 0 Å². The summed E-state index contributed by atoms with van der Waals surface area (Å²) < 4.78 is 0. The minimum absolute atomic E-state index is 0.112. The summed E-state index contributed by atoms with van der Waals surface area (Å²) in [6.45, 7) is 21.3. The maximum absolute atomic E-state index is 2.46. The zero-order chi connectivity index (χ0) is 47.5. The number of hydrogen-bond donors (Lipinski definition) is 0. The van der Waals surface area contributed by atoms with Gasteiger partial charge in [0.2, 0.25) is 0 Å². The largest absolute Gasteiger partial charge is 0.310 e. The van der Waals surface area contributed by atoms with E-state index in [0.717, 1.165) is 17.1 Å². The van der Waals surface area contributed by atoms with E-state index in [4.69, 9.17) is 0 Å². The lowest BCUT2D eigenvalue weighted by Crippen LogP contribution is -2.30. The number of nitrogens with zero attached hydrogens (tertiary/aromatic N) is 2. The van der Waals surface area contributed by atoms with E-state index in [1.165, 1.54) is 83.8 Å². The quantitative estimate of drug-likeness (QED) is 0.157. The van der Waals surface area contributed by atoms with Gasteiger partial charge in [-0.2, -0.15) is 0 Å². The van der Waals surface area contributed by atoms with Crippen LogP contribution in [-0.2, 0) is 5.41 Å². The Hall–Kier alpha value is -7.42. The van der Waals surface area contributed by atoms with Crippen LogP contribution in [0.4, 0.5) is 34.1 Å². The summed E-state index contributed by atoms with van der Waals surface area (Å²) >= 11 is 0. The smallest absolute Gasteiger partial charge is 0.0502 e. The molecule has 2 heteroatoms. The Balaban J connectivity index is 0.000000313. The highest BCUT2D eigenvalue weighted by Gasteiger charge is 2.36. The Morgan fingerprint density at radius 1 is 0.358 bits per heavy atom. The number of fused-ring (bicyclic) bond motifs is 2. The van der Waals surface area contributed by atoms with Gasteiger partial charge in [-0.05, 0) is 150 Å². The first-order valence-electron chi connectivity index (χ1n) is 24.0. The normalized spacial score (nSPS) is 11.8. The van der Waals surface area contributed by atoms with Crippen LogP contribution in [0.25, 0.3) is 33.4 Å². The van der Waals surface area contributed by atoms with Crippen LogP contribution in [-0.4, -0.2) is 0 Å². The molecule has 1 aliphatic rings. The number of aryl methyl sites for hydroxylation is 4. The fourth-order valence-electron chi connectivity index (χ4n) is 9.14. The van der Waals surface area contributed by atoms with Crippen LogP contribution in [0.2, 0.25) is 0 Å². The van der Waals surface area contributed by atoms with E-state index in [-0.39, 0.29) is 5.41 Å². The van der Waals surface area contributed by atoms with Gasteiger partial charge in [0.05, 0.1) is 11.4 Å². The molecule has 1 heterocycles. The molecule has 0 saturated heterocycles. The minimum Gasteiger partial charge on any atom is -0.310 e. The van der Waals surface area contributed by atoms with Gasteiger partial charge >= 0.3 is 0 Å². The van der Waals surface area contributed by atoms with Gasteiger partial charge in [-0.25, -0.2) is 0 Å². The molecule has 1 aliphatic heterocycles. The van der Waals surface area contributed by atoms with Gasteiger partial charge in [0.25, 0.3) is 0 Å². The minimum atomic E-state index is -0.112. The molecule has 0 aliphatic carbocycles. The number of rotatable bonds is 7. The molecule has 0 amide bonds. The highest BCUT2D eigenvalue weighted by molar-refractivity contribution is 5.90. The molecular formula is C65H66N2. The van der Waals surface area contributed by atoms with Gasteiger partial charge in [-0.3, -0.25) is 0 Å². The average Bonchev–Trinajstić information content (AvgIpc) is 3.37. The molecule has 67 heavy (non-hydrogen) atoms. The molecule has 2 nitrogen and oxygen atoms in total. The van der Waals surface area contributed by atoms with Crippen molar-refractivity contribution >= 4 is 34.1 Å². The average molecular weight is 875 g/mol. The number of anilines is 6. The zero-order valence-corrected chi connectivity index (χ0v) is 41.2. The monoisotopic (exact) mass is 875 g/mol. The van der Waals surface area contributed by atoms with Crippen LogP contribution >= 0.6 is 0 Å². The summed E-state index contributed by atoms with van der Waals surface area (Å²) in [5.74, 6) is 0. The SMILES string of the molecule is CC.CC.Cc1ccc(-c2cc(-c3ccc(N(c4ccccc4)c4ccccc4C)cc3)cc(N3c4ccccc4C(C)(C)c4ccccc43)c2)cc1.Cc1ccccc1-c1ccccc1C. The van der Waals surface area contributed by atoms with Gasteiger partial charge < -0.3 is 9.80 Å². The van der Waals surface area contributed by atoms with Crippen molar-refractivity contribution in [3.8, 4) is 33.4 Å². The summed E-state index contributed by atoms with van der Waals surface area (Å²) in [4.78, 5) is 4.80. The Bertz CT molecular complexity index is 2920. The molecule has 0 atom stereocenters. The maximum Gasteiger partial charge on any atom is 0.0502 e. The lowest BCUT2D eigenvalue weighted by atomic mass is 9.73. The predicted octanol–water partition coefficient (Wildman–Crippen LogP) is 19.2. The molecule has 9 aromatic carbocycles. The molecule has 0 aromatic heterocycles. The van der Waals surface area contributed by atoms with E-state index >= 15 is 0 Å². The van der Waals surface area contributed by atoms with Gasteiger partial charge in [0.1, 0.15) is 0 Å². The highest BCUT2D eigenvalue weighted by Crippen LogP contribution is 2.52. The van der Waals surface area contributed by atoms with Crippen molar-refractivity contribution in [2.24, 2.45) is 0 Å². The first kappa shape index (κ1) is 47.5. The lowest BCUT2D eigenvalue weighted by molar-refractivity contribution is 0.632. The molecule has 0 N–H and O–H groups in total. The van der Waals surface area contributed by atoms with E-state index in [1.807, 2.05) is 27.7 Å². The summed E-state index contributed by atoms with van der Waals surface area (Å²) in [6.07, 6.45) is 0. The fourth-order valence-corrected chi connectivity index (χ4v) is 9.14. The number of para-hydroxylation sites is 4. The van der Waals surface area contributed by atoms with E-state index in [1.54, 1.807) is 0 Å². The van der Waals surface area contributed by atoms with Crippen molar-refractivity contribution < 1.29 is 0 Å². The second-order valence-electron chi connectivity index (χ2n) is 17.3. The van der Waals surface area contributed by atoms with Crippen molar-refractivity contribution in [2.45, 2.75) is 74.7 Å². The van der Waals surface area contributed by atoms with Crippen molar-refractivity contribution in [2.75, 3.05) is 9.80 Å². The molecule has 336 valence electrons. The van der Waals surface area contributed by atoms with Gasteiger partial charge in [0, 0.05) is 28.2 Å². The second kappa shape index (κ2) is 21.7. The molecule has 0 radical (unpaired) electrons. The van der Waals surface area contributed by atoms with Crippen LogP contribution < -0.4 is 9.80 Å². The van der Waals surface area contributed by atoms with Crippen LogP contribution in [0.15, 0.2) is 218 Å². The zero-order valence-electron chi connectivity index (χ0n) is 41.2. The van der Waals surface area contributed by atoms with E-state index < -0.39 is 0 Å². The topological polar surface area (TPSA) is 6.48 Å². The molecular weight excluding hydrogens is 809 g/mol. The number of hydrogen-bond acceptors (Lipinski definition) is 2. The van der Waals surface area contributed by atoms with Crippen LogP contribution in [0.1, 0.15) is 74.9 Å². The Kier molecular flexibility index (Phi) is 15.4. The summed E-state index contributed by atoms with van der Waals surface area (Å²) in [5.41, 5.74) is 22.2. The Morgan fingerprint density at radius 2 is 0.761 bits per heavy atom. The Morgan fingerprint density at radius 3 is 1.25 bits per heavy atom. The highest BCUT2D eigenvalue weighted by atomic mass is 15.2. The summed E-state index contributed by atoms with van der Waals surface area (Å²) in [7, 11) is 0. The van der Waals surface area contributed by atoms with Crippen molar-refractivity contribution in [1.29, 1.82) is 0 Å².